The number of nitrogens with one attached hydrogen (secondary N) is 2. The van der Waals surface area contributed by atoms with Gasteiger partial charge in [0.15, 0.2) is 0 Å². The lowest BCUT2D eigenvalue weighted by Gasteiger charge is -2.19. The van der Waals surface area contributed by atoms with Gasteiger partial charge < -0.3 is 20.5 Å². The minimum atomic E-state index is -1.02. The van der Waals surface area contributed by atoms with E-state index in [1.807, 2.05) is 36.4 Å². The molecule has 176 valence electrons. The van der Waals surface area contributed by atoms with Crippen molar-refractivity contribution in [3.63, 3.8) is 0 Å². The van der Waals surface area contributed by atoms with Crippen molar-refractivity contribution in [2.75, 3.05) is 13.2 Å². The molecule has 0 aromatic heterocycles. The second kappa shape index (κ2) is 12.0. The Morgan fingerprint density at radius 3 is 2.21 bits per heavy atom. The maximum atomic E-state index is 12.5. The average Bonchev–Trinajstić information content (AvgIpc) is 3.13. The summed E-state index contributed by atoms with van der Waals surface area (Å²) in [6.07, 6.45) is 3.09. The lowest BCUT2D eigenvalue weighted by molar-refractivity contribution is -0.137. The third kappa shape index (κ3) is 6.57. The molecule has 1 atom stereocenters. The van der Waals surface area contributed by atoms with Gasteiger partial charge in [0.2, 0.25) is 5.91 Å². The summed E-state index contributed by atoms with van der Waals surface area (Å²) in [4.78, 5) is 36.1. The van der Waals surface area contributed by atoms with Gasteiger partial charge in [0, 0.05) is 18.9 Å². The zero-order valence-corrected chi connectivity index (χ0v) is 19.0. The van der Waals surface area contributed by atoms with Crippen LogP contribution in [0.25, 0.3) is 11.1 Å². The monoisotopic (exact) mass is 452 g/mol. The summed E-state index contributed by atoms with van der Waals surface area (Å²) in [5.41, 5.74) is 4.45. The van der Waals surface area contributed by atoms with Gasteiger partial charge in [-0.05, 0) is 35.1 Å². The van der Waals surface area contributed by atoms with Gasteiger partial charge in [-0.2, -0.15) is 0 Å². The number of unbranched alkanes of at least 4 members (excludes halogenated alkanes) is 3. The molecule has 1 aliphatic rings. The van der Waals surface area contributed by atoms with E-state index in [2.05, 4.69) is 29.7 Å². The lowest BCUT2D eigenvalue weighted by atomic mass is 9.98. The van der Waals surface area contributed by atoms with Crippen molar-refractivity contribution in [3.8, 4) is 11.1 Å². The minimum Gasteiger partial charge on any atom is -0.481 e. The van der Waals surface area contributed by atoms with Crippen LogP contribution in [0.1, 0.15) is 62.5 Å². The van der Waals surface area contributed by atoms with Crippen molar-refractivity contribution < 1.29 is 24.2 Å². The van der Waals surface area contributed by atoms with Crippen LogP contribution >= 0.6 is 0 Å². The van der Waals surface area contributed by atoms with Crippen LogP contribution in [-0.4, -0.2) is 42.3 Å². The number of hydrogen-bond donors (Lipinski definition) is 3. The third-order valence-electron chi connectivity index (χ3n) is 5.93. The maximum Gasteiger partial charge on any atom is 0.407 e. The topological polar surface area (TPSA) is 105 Å². The van der Waals surface area contributed by atoms with Crippen LogP contribution in [0.15, 0.2) is 48.5 Å². The fraction of sp³-hybridized carbons (Fsp3) is 0.423. The summed E-state index contributed by atoms with van der Waals surface area (Å²) < 4.78 is 5.51. The van der Waals surface area contributed by atoms with E-state index in [-0.39, 0.29) is 31.3 Å². The van der Waals surface area contributed by atoms with Gasteiger partial charge in [0.25, 0.3) is 0 Å². The fourth-order valence-electron chi connectivity index (χ4n) is 4.21. The highest BCUT2D eigenvalue weighted by molar-refractivity contribution is 5.86. The summed E-state index contributed by atoms with van der Waals surface area (Å²) in [5.74, 6) is -1.50. The normalized spacial score (nSPS) is 13.0. The first-order valence-corrected chi connectivity index (χ1v) is 11.6. The van der Waals surface area contributed by atoms with Gasteiger partial charge in [-0.25, -0.2) is 4.79 Å². The minimum absolute atomic E-state index is 0.000320. The first kappa shape index (κ1) is 24.3. The molecule has 33 heavy (non-hydrogen) atoms. The molecular weight excluding hydrogens is 420 g/mol. The van der Waals surface area contributed by atoms with Crippen LogP contribution in [0.3, 0.4) is 0 Å². The number of hydrogen-bond acceptors (Lipinski definition) is 4. The van der Waals surface area contributed by atoms with Crippen molar-refractivity contribution >= 4 is 18.0 Å². The van der Waals surface area contributed by atoms with Crippen LogP contribution in [0.5, 0.6) is 0 Å². The van der Waals surface area contributed by atoms with E-state index >= 15 is 0 Å². The number of carbonyl (C=O) groups is 3. The van der Waals surface area contributed by atoms with Gasteiger partial charge >= 0.3 is 12.1 Å². The molecule has 0 saturated carbocycles. The Hall–Kier alpha value is -3.35. The molecule has 0 unspecified atom stereocenters. The summed E-state index contributed by atoms with van der Waals surface area (Å²) in [6, 6.07) is 15.1. The van der Waals surface area contributed by atoms with E-state index < -0.39 is 18.1 Å². The highest BCUT2D eigenvalue weighted by atomic mass is 16.5. The summed E-state index contributed by atoms with van der Waals surface area (Å²) in [6.45, 7) is 2.73. The summed E-state index contributed by atoms with van der Waals surface area (Å²) >= 11 is 0. The maximum absolute atomic E-state index is 12.5. The van der Waals surface area contributed by atoms with Gasteiger partial charge in [0.05, 0.1) is 0 Å². The molecule has 0 aliphatic heterocycles. The number of alkyl carbamates (subject to hydrolysis) is 1. The van der Waals surface area contributed by atoms with Crippen molar-refractivity contribution in [2.45, 2.75) is 57.4 Å². The number of aliphatic carboxylic acids is 1. The predicted octanol–water partition coefficient (Wildman–Crippen LogP) is 4.46. The molecular formula is C26H32N2O5. The van der Waals surface area contributed by atoms with Gasteiger partial charge in [-0.1, -0.05) is 74.7 Å². The van der Waals surface area contributed by atoms with Crippen molar-refractivity contribution in [1.29, 1.82) is 0 Å². The molecule has 0 saturated heterocycles. The van der Waals surface area contributed by atoms with E-state index in [1.54, 1.807) is 0 Å². The highest BCUT2D eigenvalue weighted by Crippen LogP contribution is 2.44. The SMILES string of the molecule is CCCCCCNC(=O)[C@H](CCC(=O)O)NC(=O)OCC1c2ccccc2-c2ccccc21. The molecule has 0 heterocycles. The highest BCUT2D eigenvalue weighted by Gasteiger charge is 2.29. The van der Waals surface area contributed by atoms with Crippen LogP contribution in [0.2, 0.25) is 0 Å². The number of ether oxygens (including phenoxy) is 1. The number of carboxylic acid groups (broad SMARTS) is 1. The Morgan fingerprint density at radius 2 is 1.61 bits per heavy atom. The zero-order chi connectivity index (χ0) is 23.6. The number of carbonyl (C=O) groups excluding carboxylic acids is 2. The van der Waals surface area contributed by atoms with Gasteiger partial charge in [0.1, 0.15) is 12.6 Å². The molecule has 3 N–H and O–H groups in total. The standard InChI is InChI=1S/C26H32N2O5/c1-2-3-4-9-16-27-25(31)23(14-15-24(29)30)28-26(32)33-17-22-20-12-7-5-10-18(20)19-11-6-8-13-21(19)22/h5-8,10-13,22-23H,2-4,9,14-17H2,1H3,(H,27,31)(H,28,32)(H,29,30)/t23-/m0/s1. The Bertz CT molecular complexity index is 929. The molecule has 7 nitrogen and oxygen atoms in total. The Morgan fingerprint density at radius 1 is 0.970 bits per heavy atom. The molecule has 2 aromatic carbocycles. The summed E-state index contributed by atoms with van der Waals surface area (Å²) in [5, 5.41) is 14.4. The third-order valence-corrected chi connectivity index (χ3v) is 5.93. The molecule has 0 radical (unpaired) electrons. The second-order valence-electron chi connectivity index (χ2n) is 8.31. The molecule has 2 amide bonds. The molecule has 1 aliphatic carbocycles. The molecule has 0 fully saturated rings. The summed E-state index contributed by atoms with van der Waals surface area (Å²) in [7, 11) is 0. The largest absolute Gasteiger partial charge is 0.481 e. The van der Waals surface area contributed by atoms with Crippen LogP contribution < -0.4 is 10.6 Å². The number of fused-ring (bicyclic) bond motifs is 3. The number of rotatable bonds is 12. The second-order valence-corrected chi connectivity index (χ2v) is 8.31. The molecule has 7 heteroatoms. The predicted molar refractivity (Wildman–Crippen MR) is 126 cm³/mol. The van der Waals surface area contributed by atoms with Crippen molar-refractivity contribution in [3.05, 3.63) is 59.7 Å². The molecule has 0 bridgehead atoms. The number of carboxylic acids is 1. The van der Waals surface area contributed by atoms with Crippen LogP contribution in [-0.2, 0) is 14.3 Å². The van der Waals surface area contributed by atoms with Gasteiger partial charge in [-0.15, -0.1) is 0 Å². The van der Waals surface area contributed by atoms with Crippen molar-refractivity contribution in [2.24, 2.45) is 0 Å². The zero-order valence-electron chi connectivity index (χ0n) is 19.0. The number of benzene rings is 2. The first-order chi connectivity index (χ1) is 16.0. The van der Waals surface area contributed by atoms with E-state index in [9.17, 15) is 14.4 Å². The average molecular weight is 453 g/mol. The molecule has 0 spiro atoms. The Labute approximate surface area is 194 Å². The van der Waals surface area contributed by atoms with Crippen molar-refractivity contribution in [1.82, 2.24) is 10.6 Å². The van der Waals surface area contributed by atoms with E-state index in [4.69, 9.17) is 9.84 Å². The quantitative estimate of drug-likeness (QED) is 0.413. The lowest BCUT2D eigenvalue weighted by Crippen LogP contribution is -2.47. The molecule has 2 aromatic rings. The van der Waals surface area contributed by atoms with E-state index in [0.717, 1.165) is 47.9 Å². The van der Waals surface area contributed by atoms with Gasteiger partial charge in [-0.3, -0.25) is 9.59 Å². The van der Waals surface area contributed by atoms with Crippen LogP contribution in [0, 0.1) is 0 Å². The Balaban J connectivity index is 1.58. The Kier molecular flexibility index (Phi) is 8.87. The number of amides is 2. The van der Waals surface area contributed by atoms with Crippen LogP contribution in [0.4, 0.5) is 4.79 Å². The van der Waals surface area contributed by atoms with E-state index in [0.29, 0.717) is 6.54 Å². The smallest absolute Gasteiger partial charge is 0.407 e. The first-order valence-electron chi connectivity index (χ1n) is 11.6. The fourth-order valence-corrected chi connectivity index (χ4v) is 4.21. The molecule has 3 rings (SSSR count). The van der Waals surface area contributed by atoms with E-state index in [1.165, 1.54) is 0 Å².